The Morgan fingerprint density at radius 2 is 2.05 bits per heavy atom. The van der Waals surface area contributed by atoms with Crippen LogP contribution in [0.4, 0.5) is 5.82 Å². The van der Waals surface area contributed by atoms with Gasteiger partial charge in [0.2, 0.25) is 0 Å². The van der Waals surface area contributed by atoms with E-state index in [2.05, 4.69) is 27.4 Å². The fourth-order valence-corrected chi connectivity index (χ4v) is 2.46. The molecule has 1 N–H and O–H groups in total. The molecule has 2 aromatic rings. The molecule has 2 atom stereocenters. The van der Waals surface area contributed by atoms with E-state index < -0.39 is 0 Å². The highest BCUT2D eigenvalue weighted by molar-refractivity contribution is 6.29. The summed E-state index contributed by atoms with van der Waals surface area (Å²) in [5, 5.41) is 3.74. The minimum atomic E-state index is 0.0435. The van der Waals surface area contributed by atoms with Gasteiger partial charge in [-0.3, -0.25) is 4.98 Å². The zero-order valence-electron chi connectivity index (χ0n) is 10.3. The lowest BCUT2D eigenvalue weighted by molar-refractivity contribution is 0.107. The number of nitrogens with one attached hydrogen (secondary N) is 1. The van der Waals surface area contributed by atoms with Crippen LogP contribution in [0.3, 0.4) is 0 Å². The summed E-state index contributed by atoms with van der Waals surface area (Å²) in [5.41, 5.74) is 1.17. The summed E-state index contributed by atoms with van der Waals surface area (Å²) >= 11 is 5.84. The van der Waals surface area contributed by atoms with Gasteiger partial charge in [0.25, 0.3) is 0 Å². The number of benzene rings is 1. The second-order valence-corrected chi connectivity index (χ2v) is 4.86. The lowest BCUT2D eigenvalue weighted by Crippen LogP contribution is -2.23. The van der Waals surface area contributed by atoms with Crippen LogP contribution in [0.25, 0.3) is 0 Å². The van der Waals surface area contributed by atoms with Crippen LogP contribution < -0.4 is 5.32 Å². The van der Waals surface area contributed by atoms with Crippen molar-refractivity contribution in [3.63, 3.8) is 0 Å². The van der Waals surface area contributed by atoms with Gasteiger partial charge in [-0.2, -0.15) is 0 Å². The van der Waals surface area contributed by atoms with Gasteiger partial charge < -0.3 is 10.1 Å². The highest BCUT2D eigenvalue weighted by atomic mass is 35.5. The largest absolute Gasteiger partial charge is 0.371 e. The zero-order chi connectivity index (χ0) is 13.1. The first-order chi connectivity index (χ1) is 9.33. The zero-order valence-corrected chi connectivity index (χ0v) is 11.0. The van der Waals surface area contributed by atoms with Crippen molar-refractivity contribution in [1.82, 2.24) is 9.97 Å². The summed E-state index contributed by atoms with van der Waals surface area (Å²) in [4.78, 5) is 8.23. The fourth-order valence-electron chi connectivity index (χ4n) is 2.31. The van der Waals surface area contributed by atoms with Crippen LogP contribution in [0.1, 0.15) is 18.1 Å². The average molecular weight is 276 g/mol. The van der Waals surface area contributed by atoms with Crippen LogP contribution in [-0.4, -0.2) is 22.6 Å². The van der Waals surface area contributed by atoms with E-state index in [4.69, 9.17) is 16.3 Å². The van der Waals surface area contributed by atoms with Crippen LogP contribution in [-0.2, 0) is 4.74 Å². The molecular formula is C14H14ClN3O. The third-order valence-electron chi connectivity index (χ3n) is 3.16. The molecule has 0 aliphatic carbocycles. The van der Waals surface area contributed by atoms with Gasteiger partial charge in [-0.05, 0) is 12.0 Å². The molecule has 2 heterocycles. The van der Waals surface area contributed by atoms with Crippen molar-refractivity contribution in [2.45, 2.75) is 18.6 Å². The molecule has 0 bridgehead atoms. The lowest BCUT2D eigenvalue weighted by Gasteiger charge is -2.20. The monoisotopic (exact) mass is 275 g/mol. The van der Waals surface area contributed by atoms with Crippen molar-refractivity contribution >= 4 is 17.4 Å². The number of anilines is 1. The van der Waals surface area contributed by atoms with Crippen molar-refractivity contribution in [3.8, 4) is 0 Å². The number of ether oxygens (including phenoxy) is 1. The Morgan fingerprint density at radius 3 is 2.84 bits per heavy atom. The van der Waals surface area contributed by atoms with Crippen molar-refractivity contribution in [1.29, 1.82) is 0 Å². The molecule has 1 aliphatic rings. The van der Waals surface area contributed by atoms with Crippen LogP contribution in [0.5, 0.6) is 0 Å². The molecule has 98 valence electrons. The van der Waals surface area contributed by atoms with Crippen LogP contribution in [0, 0.1) is 0 Å². The SMILES string of the molecule is Clc1cncc(N[C@@H]2CCO[C@H]2c2ccccc2)n1. The Morgan fingerprint density at radius 1 is 1.21 bits per heavy atom. The number of rotatable bonds is 3. The number of aromatic nitrogens is 2. The quantitative estimate of drug-likeness (QED) is 0.935. The summed E-state index contributed by atoms with van der Waals surface area (Å²) in [6.45, 7) is 0.741. The van der Waals surface area contributed by atoms with Crippen LogP contribution in [0.2, 0.25) is 5.15 Å². The maximum atomic E-state index is 5.84. The summed E-state index contributed by atoms with van der Waals surface area (Å²) in [6, 6.07) is 10.4. The Kier molecular flexibility index (Phi) is 3.62. The molecule has 0 unspecified atom stereocenters. The molecule has 1 saturated heterocycles. The molecule has 5 heteroatoms. The van der Waals surface area contributed by atoms with Gasteiger partial charge in [0.05, 0.1) is 18.4 Å². The maximum absolute atomic E-state index is 5.84. The fraction of sp³-hybridized carbons (Fsp3) is 0.286. The normalized spacial score (nSPS) is 22.4. The van der Waals surface area contributed by atoms with E-state index in [1.165, 1.54) is 11.8 Å². The minimum Gasteiger partial charge on any atom is -0.371 e. The Labute approximate surface area is 116 Å². The van der Waals surface area contributed by atoms with E-state index in [-0.39, 0.29) is 12.1 Å². The van der Waals surface area contributed by atoms with Crippen molar-refractivity contribution in [3.05, 3.63) is 53.4 Å². The molecular weight excluding hydrogens is 262 g/mol. The van der Waals surface area contributed by atoms with Gasteiger partial charge >= 0.3 is 0 Å². The Balaban J connectivity index is 1.77. The number of nitrogens with zero attached hydrogens (tertiary/aromatic N) is 2. The molecule has 1 fully saturated rings. The molecule has 0 saturated carbocycles. The van der Waals surface area contributed by atoms with Crippen LogP contribution >= 0.6 is 11.6 Å². The predicted molar refractivity (Wildman–Crippen MR) is 74.2 cm³/mol. The van der Waals surface area contributed by atoms with Crippen LogP contribution in [0.15, 0.2) is 42.7 Å². The first kappa shape index (κ1) is 12.4. The summed E-state index contributed by atoms with van der Waals surface area (Å²) in [7, 11) is 0. The van der Waals surface area contributed by atoms with Crippen molar-refractivity contribution in [2.24, 2.45) is 0 Å². The van der Waals surface area contributed by atoms with Gasteiger partial charge in [0.1, 0.15) is 17.1 Å². The molecule has 1 aromatic heterocycles. The summed E-state index contributed by atoms with van der Waals surface area (Å²) < 4.78 is 5.81. The van der Waals surface area contributed by atoms with Gasteiger partial charge in [0, 0.05) is 6.61 Å². The van der Waals surface area contributed by atoms with Crippen molar-refractivity contribution < 1.29 is 4.74 Å². The number of halogens is 1. The van der Waals surface area contributed by atoms with E-state index >= 15 is 0 Å². The Bertz CT molecular complexity index is 549. The van der Waals surface area contributed by atoms with Crippen molar-refractivity contribution in [2.75, 3.05) is 11.9 Å². The second-order valence-electron chi connectivity index (χ2n) is 4.47. The molecule has 0 radical (unpaired) electrons. The van der Waals surface area contributed by atoms with E-state index in [9.17, 15) is 0 Å². The first-order valence-corrected chi connectivity index (χ1v) is 6.61. The number of hydrogen-bond acceptors (Lipinski definition) is 4. The minimum absolute atomic E-state index is 0.0435. The van der Waals surface area contributed by atoms with E-state index in [0.717, 1.165) is 13.0 Å². The molecule has 4 nitrogen and oxygen atoms in total. The van der Waals surface area contributed by atoms with Gasteiger partial charge in [-0.25, -0.2) is 4.98 Å². The lowest BCUT2D eigenvalue weighted by atomic mass is 10.0. The van der Waals surface area contributed by atoms with E-state index in [1.807, 2.05) is 18.2 Å². The van der Waals surface area contributed by atoms with E-state index in [1.54, 1.807) is 6.20 Å². The topological polar surface area (TPSA) is 47.0 Å². The first-order valence-electron chi connectivity index (χ1n) is 6.23. The molecule has 1 aromatic carbocycles. The highest BCUT2D eigenvalue weighted by Gasteiger charge is 2.29. The molecule has 1 aliphatic heterocycles. The molecule has 0 spiro atoms. The smallest absolute Gasteiger partial charge is 0.149 e. The predicted octanol–water partition coefficient (Wildman–Crippen LogP) is 3.07. The standard InChI is InChI=1S/C14H14ClN3O/c15-12-8-16-9-13(18-12)17-11-6-7-19-14(11)10-4-2-1-3-5-10/h1-5,8-9,11,14H,6-7H2,(H,17,18)/t11-,14+/m1/s1. The molecule has 0 amide bonds. The van der Waals surface area contributed by atoms with Gasteiger partial charge in [0.15, 0.2) is 0 Å². The number of hydrogen-bond donors (Lipinski definition) is 1. The average Bonchev–Trinajstić information content (AvgIpc) is 2.88. The van der Waals surface area contributed by atoms with Gasteiger partial charge in [-0.1, -0.05) is 41.9 Å². The Hall–Kier alpha value is -1.65. The van der Waals surface area contributed by atoms with Gasteiger partial charge in [-0.15, -0.1) is 0 Å². The third-order valence-corrected chi connectivity index (χ3v) is 3.34. The molecule has 3 rings (SSSR count). The summed E-state index contributed by atoms with van der Waals surface area (Å²) in [5.74, 6) is 0.684. The second kappa shape index (κ2) is 5.55. The van der Waals surface area contributed by atoms with E-state index in [0.29, 0.717) is 11.0 Å². The third kappa shape index (κ3) is 2.85. The molecule has 19 heavy (non-hydrogen) atoms. The highest BCUT2D eigenvalue weighted by Crippen LogP contribution is 2.30. The maximum Gasteiger partial charge on any atom is 0.149 e. The summed E-state index contributed by atoms with van der Waals surface area (Å²) in [6.07, 6.45) is 4.18.